The fourth-order valence-electron chi connectivity index (χ4n) is 5.61. The minimum Gasteiger partial charge on any atom is -0.494 e. The standard InChI is InChI=1S/C25H36N4O4/c30-24(20-5-7-23(8-6-20)33-14-4-11-26-9-2-1-3-10-26)28-18-22-17-21(28)19-29(22)25(31)27-12-15-32-16-13-27/h5-8,21-22H,1-4,9-19H2/t21-,22-/m0/s1. The first-order chi connectivity index (χ1) is 16.2. The van der Waals surface area contributed by atoms with Gasteiger partial charge in [-0.25, -0.2) is 4.79 Å². The molecular weight excluding hydrogens is 420 g/mol. The smallest absolute Gasteiger partial charge is 0.320 e. The maximum Gasteiger partial charge on any atom is 0.320 e. The molecule has 4 saturated heterocycles. The Morgan fingerprint density at radius 3 is 2.30 bits per heavy atom. The van der Waals surface area contributed by atoms with E-state index in [1.807, 2.05) is 39.0 Å². The molecule has 0 aliphatic carbocycles. The molecule has 33 heavy (non-hydrogen) atoms. The van der Waals surface area contributed by atoms with Gasteiger partial charge >= 0.3 is 6.03 Å². The molecule has 180 valence electrons. The predicted octanol–water partition coefficient (Wildman–Crippen LogP) is 2.29. The van der Waals surface area contributed by atoms with Gasteiger partial charge in [0.2, 0.25) is 0 Å². The number of benzene rings is 1. The largest absolute Gasteiger partial charge is 0.494 e. The van der Waals surface area contributed by atoms with Crippen molar-refractivity contribution in [1.82, 2.24) is 19.6 Å². The summed E-state index contributed by atoms with van der Waals surface area (Å²) in [5.41, 5.74) is 0.689. The van der Waals surface area contributed by atoms with E-state index in [0.717, 1.165) is 25.1 Å². The van der Waals surface area contributed by atoms with Crippen LogP contribution in [0.1, 0.15) is 42.5 Å². The van der Waals surface area contributed by atoms with Gasteiger partial charge in [0.15, 0.2) is 0 Å². The van der Waals surface area contributed by atoms with Crippen LogP contribution in [0.3, 0.4) is 0 Å². The van der Waals surface area contributed by atoms with Crippen LogP contribution < -0.4 is 4.74 Å². The Hall–Kier alpha value is -2.32. The SMILES string of the molecule is O=C(c1ccc(OCCCN2CCCCC2)cc1)N1C[C@@H]2C[C@H]1CN2C(=O)N1CCOCC1. The summed E-state index contributed by atoms with van der Waals surface area (Å²) in [6.45, 7) is 8.00. The molecule has 0 spiro atoms. The highest BCUT2D eigenvalue weighted by Crippen LogP contribution is 2.33. The Bertz CT molecular complexity index is 820. The van der Waals surface area contributed by atoms with Gasteiger partial charge in [0.05, 0.1) is 31.9 Å². The number of amides is 3. The molecule has 0 saturated carbocycles. The van der Waals surface area contributed by atoms with E-state index in [4.69, 9.17) is 9.47 Å². The number of hydrogen-bond donors (Lipinski definition) is 0. The lowest BCUT2D eigenvalue weighted by Gasteiger charge is -2.38. The van der Waals surface area contributed by atoms with Crippen molar-refractivity contribution in [2.24, 2.45) is 0 Å². The van der Waals surface area contributed by atoms with Crippen LogP contribution in [0.25, 0.3) is 0 Å². The fraction of sp³-hybridized carbons (Fsp3) is 0.680. The van der Waals surface area contributed by atoms with Crippen molar-refractivity contribution in [3.05, 3.63) is 29.8 Å². The summed E-state index contributed by atoms with van der Waals surface area (Å²) < 4.78 is 11.3. The third-order valence-corrected chi connectivity index (χ3v) is 7.47. The number of carbonyl (C=O) groups excluding carboxylic acids is 2. The lowest BCUT2D eigenvalue weighted by Crippen LogP contribution is -2.55. The number of piperazine rings is 1. The van der Waals surface area contributed by atoms with Gasteiger partial charge in [0.1, 0.15) is 5.75 Å². The number of hydrogen-bond acceptors (Lipinski definition) is 5. The van der Waals surface area contributed by atoms with Gasteiger partial charge < -0.3 is 29.1 Å². The van der Waals surface area contributed by atoms with Gasteiger partial charge in [0.25, 0.3) is 5.91 Å². The van der Waals surface area contributed by atoms with Gasteiger partial charge in [-0.1, -0.05) is 6.42 Å². The number of urea groups is 1. The van der Waals surface area contributed by atoms with Crippen LogP contribution in [0.5, 0.6) is 5.75 Å². The number of fused-ring (bicyclic) bond motifs is 2. The molecule has 1 aromatic rings. The van der Waals surface area contributed by atoms with Crippen molar-refractivity contribution in [2.75, 3.05) is 65.6 Å². The van der Waals surface area contributed by atoms with E-state index in [2.05, 4.69) is 4.90 Å². The topological polar surface area (TPSA) is 65.6 Å². The Kier molecular flexibility index (Phi) is 7.02. The predicted molar refractivity (Wildman–Crippen MR) is 125 cm³/mol. The molecule has 0 N–H and O–H groups in total. The van der Waals surface area contributed by atoms with Crippen molar-refractivity contribution in [3.8, 4) is 5.75 Å². The Morgan fingerprint density at radius 1 is 0.909 bits per heavy atom. The summed E-state index contributed by atoms with van der Waals surface area (Å²) in [6, 6.07) is 7.86. The number of rotatable bonds is 6. The van der Waals surface area contributed by atoms with E-state index in [1.165, 1.54) is 32.4 Å². The van der Waals surface area contributed by atoms with Crippen LogP contribution in [0.4, 0.5) is 4.79 Å². The number of morpholine rings is 1. The zero-order valence-electron chi connectivity index (χ0n) is 19.5. The van der Waals surface area contributed by atoms with Gasteiger partial charge in [-0.05, 0) is 63.0 Å². The van der Waals surface area contributed by atoms with Crippen molar-refractivity contribution in [1.29, 1.82) is 0 Å². The Labute approximate surface area is 196 Å². The molecule has 2 bridgehead atoms. The van der Waals surface area contributed by atoms with Crippen LogP contribution in [0.15, 0.2) is 24.3 Å². The Balaban J connectivity index is 1.08. The minimum atomic E-state index is 0.0534. The van der Waals surface area contributed by atoms with Crippen molar-refractivity contribution < 1.29 is 19.1 Å². The summed E-state index contributed by atoms with van der Waals surface area (Å²) in [7, 11) is 0. The highest BCUT2D eigenvalue weighted by atomic mass is 16.5. The molecule has 8 heteroatoms. The molecule has 1 aromatic carbocycles. The van der Waals surface area contributed by atoms with Gasteiger partial charge in [-0.15, -0.1) is 0 Å². The summed E-state index contributed by atoms with van der Waals surface area (Å²) in [5.74, 6) is 0.869. The number of nitrogens with zero attached hydrogens (tertiary/aromatic N) is 4. The molecule has 4 aliphatic heterocycles. The summed E-state index contributed by atoms with van der Waals surface area (Å²) in [5, 5.41) is 0. The van der Waals surface area contributed by atoms with Crippen LogP contribution in [-0.4, -0.2) is 109 Å². The van der Waals surface area contributed by atoms with Crippen LogP contribution >= 0.6 is 0 Å². The molecule has 3 amide bonds. The molecule has 8 nitrogen and oxygen atoms in total. The normalized spacial score (nSPS) is 25.5. The average Bonchev–Trinajstić information content (AvgIpc) is 3.49. The summed E-state index contributed by atoms with van der Waals surface area (Å²) in [4.78, 5) is 34.3. The zero-order valence-corrected chi connectivity index (χ0v) is 19.5. The van der Waals surface area contributed by atoms with Gasteiger partial charge in [-0.3, -0.25) is 4.79 Å². The van der Waals surface area contributed by atoms with Crippen LogP contribution in [-0.2, 0) is 4.74 Å². The maximum atomic E-state index is 13.1. The second kappa shape index (κ2) is 10.3. The number of carbonyl (C=O) groups is 2. The Morgan fingerprint density at radius 2 is 1.61 bits per heavy atom. The quantitative estimate of drug-likeness (QED) is 0.615. The minimum absolute atomic E-state index is 0.0534. The average molecular weight is 457 g/mol. The summed E-state index contributed by atoms with van der Waals surface area (Å²) in [6.07, 6.45) is 5.90. The van der Waals surface area contributed by atoms with Gasteiger partial charge in [0, 0.05) is 38.3 Å². The molecule has 2 atom stereocenters. The molecular formula is C25H36N4O4. The van der Waals surface area contributed by atoms with Crippen molar-refractivity contribution >= 4 is 11.9 Å². The highest BCUT2D eigenvalue weighted by Gasteiger charge is 2.48. The van der Waals surface area contributed by atoms with Crippen LogP contribution in [0.2, 0.25) is 0 Å². The fourth-order valence-corrected chi connectivity index (χ4v) is 5.61. The van der Waals surface area contributed by atoms with E-state index < -0.39 is 0 Å². The zero-order chi connectivity index (χ0) is 22.6. The van der Waals surface area contributed by atoms with E-state index in [0.29, 0.717) is 51.6 Å². The van der Waals surface area contributed by atoms with E-state index in [1.54, 1.807) is 0 Å². The van der Waals surface area contributed by atoms with Crippen LogP contribution in [0, 0.1) is 0 Å². The second-order valence-corrected chi connectivity index (χ2v) is 9.66. The van der Waals surface area contributed by atoms with Crippen molar-refractivity contribution in [2.45, 2.75) is 44.2 Å². The maximum absolute atomic E-state index is 13.1. The number of ether oxygens (including phenoxy) is 2. The molecule has 5 rings (SSSR count). The molecule has 0 aromatic heterocycles. The first kappa shape index (κ1) is 22.5. The lowest BCUT2D eigenvalue weighted by atomic mass is 10.1. The monoisotopic (exact) mass is 456 g/mol. The first-order valence-corrected chi connectivity index (χ1v) is 12.6. The molecule has 4 aliphatic rings. The molecule has 0 unspecified atom stereocenters. The highest BCUT2D eigenvalue weighted by molar-refractivity contribution is 5.95. The van der Waals surface area contributed by atoms with E-state index in [9.17, 15) is 9.59 Å². The van der Waals surface area contributed by atoms with Crippen molar-refractivity contribution in [3.63, 3.8) is 0 Å². The molecule has 0 radical (unpaired) electrons. The summed E-state index contributed by atoms with van der Waals surface area (Å²) >= 11 is 0. The third-order valence-electron chi connectivity index (χ3n) is 7.47. The number of piperidine rings is 1. The van der Waals surface area contributed by atoms with E-state index in [-0.39, 0.29) is 24.0 Å². The van der Waals surface area contributed by atoms with E-state index >= 15 is 0 Å². The van der Waals surface area contributed by atoms with Gasteiger partial charge in [-0.2, -0.15) is 0 Å². The second-order valence-electron chi connectivity index (χ2n) is 9.66. The third kappa shape index (κ3) is 5.11. The molecule has 4 heterocycles. The first-order valence-electron chi connectivity index (χ1n) is 12.6. The molecule has 4 fully saturated rings. The lowest BCUT2D eigenvalue weighted by molar-refractivity contribution is 0.0355. The number of likely N-dealkylation sites (tertiary alicyclic amines) is 3.